The van der Waals surface area contributed by atoms with Gasteiger partial charge in [0.15, 0.2) is 6.29 Å². The molecule has 0 aliphatic heterocycles. The standard InChI is InChI=1S/C7H4Cl2O.CH2Cl2/c8-6-3-1-2-5(4-10)7(6)9;2-1-3/h1-4H;1H2. The van der Waals surface area contributed by atoms with Crippen molar-refractivity contribution in [3.63, 3.8) is 0 Å². The molecule has 1 rings (SSSR count). The zero-order valence-electron chi connectivity index (χ0n) is 6.44. The van der Waals surface area contributed by atoms with Gasteiger partial charge in [0.1, 0.15) is 0 Å². The quantitative estimate of drug-likeness (QED) is 0.545. The summed E-state index contributed by atoms with van der Waals surface area (Å²) in [7, 11) is 0. The Bertz CT molecular complexity index is 275. The number of halogens is 4. The van der Waals surface area contributed by atoms with Crippen molar-refractivity contribution in [2.75, 3.05) is 5.34 Å². The van der Waals surface area contributed by atoms with Gasteiger partial charge >= 0.3 is 0 Å². The van der Waals surface area contributed by atoms with Crippen LogP contribution in [0.15, 0.2) is 18.2 Å². The summed E-state index contributed by atoms with van der Waals surface area (Å²) in [4.78, 5) is 10.2. The van der Waals surface area contributed by atoms with E-state index >= 15 is 0 Å². The monoisotopic (exact) mass is 258 g/mol. The van der Waals surface area contributed by atoms with Gasteiger partial charge in [0, 0.05) is 5.56 Å². The fraction of sp³-hybridized carbons (Fsp3) is 0.125. The van der Waals surface area contributed by atoms with Crippen LogP contribution in [0.3, 0.4) is 0 Å². The topological polar surface area (TPSA) is 17.1 Å². The molecule has 0 saturated carbocycles. The molecular weight excluding hydrogens is 254 g/mol. The molecule has 0 aliphatic rings. The molecule has 0 aliphatic carbocycles. The molecule has 0 atom stereocenters. The Morgan fingerprint density at radius 2 is 1.77 bits per heavy atom. The third-order valence-electron chi connectivity index (χ3n) is 1.11. The molecule has 0 heterocycles. The van der Waals surface area contributed by atoms with Crippen LogP contribution < -0.4 is 0 Å². The molecule has 0 spiro atoms. The highest BCUT2D eigenvalue weighted by atomic mass is 35.5. The van der Waals surface area contributed by atoms with Crippen molar-refractivity contribution >= 4 is 52.7 Å². The molecule has 1 nitrogen and oxygen atoms in total. The van der Waals surface area contributed by atoms with Crippen LogP contribution in [0, 0.1) is 0 Å². The molecule has 0 aromatic heterocycles. The SMILES string of the molecule is ClCCl.O=Cc1cccc(Cl)c1Cl. The van der Waals surface area contributed by atoms with E-state index in [9.17, 15) is 4.79 Å². The van der Waals surface area contributed by atoms with Crippen molar-refractivity contribution in [1.82, 2.24) is 0 Å². The van der Waals surface area contributed by atoms with Crippen molar-refractivity contribution < 1.29 is 4.79 Å². The molecule has 1 aromatic carbocycles. The molecule has 0 unspecified atom stereocenters. The van der Waals surface area contributed by atoms with Crippen molar-refractivity contribution in [2.45, 2.75) is 0 Å². The summed E-state index contributed by atoms with van der Waals surface area (Å²) >= 11 is 20.8. The minimum Gasteiger partial charge on any atom is -0.298 e. The summed E-state index contributed by atoms with van der Waals surface area (Å²) in [6.45, 7) is 0. The van der Waals surface area contributed by atoms with Crippen LogP contribution in [0.2, 0.25) is 10.0 Å². The van der Waals surface area contributed by atoms with Crippen molar-refractivity contribution in [3.8, 4) is 0 Å². The zero-order chi connectivity index (χ0) is 10.3. The molecular formula is C8H6Cl4O. The molecule has 13 heavy (non-hydrogen) atoms. The fourth-order valence-electron chi connectivity index (χ4n) is 0.611. The molecule has 0 N–H and O–H groups in total. The first kappa shape index (κ1) is 13.1. The Morgan fingerprint density at radius 1 is 1.23 bits per heavy atom. The maximum atomic E-state index is 10.2. The molecule has 0 fully saturated rings. The molecule has 1 aromatic rings. The van der Waals surface area contributed by atoms with E-state index in [2.05, 4.69) is 0 Å². The number of hydrogen-bond acceptors (Lipinski definition) is 1. The van der Waals surface area contributed by atoms with Crippen molar-refractivity contribution in [2.24, 2.45) is 0 Å². The third-order valence-corrected chi connectivity index (χ3v) is 1.94. The van der Waals surface area contributed by atoms with Crippen LogP contribution >= 0.6 is 46.4 Å². The smallest absolute Gasteiger partial charge is 0.151 e. The highest BCUT2D eigenvalue weighted by molar-refractivity contribution is 6.43. The lowest BCUT2D eigenvalue weighted by Crippen LogP contribution is -1.80. The van der Waals surface area contributed by atoms with Gasteiger partial charge < -0.3 is 0 Å². The van der Waals surface area contributed by atoms with Gasteiger partial charge in [-0.3, -0.25) is 4.79 Å². The molecule has 0 saturated heterocycles. The van der Waals surface area contributed by atoms with Crippen LogP contribution in [0.25, 0.3) is 0 Å². The second-order valence-electron chi connectivity index (χ2n) is 1.86. The van der Waals surface area contributed by atoms with Crippen LogP contribution in [-0.2, 0) is 0 Å². The summed E-state index contributed by atoms with van der Waals surface area (Å²) in [6, 6.07) is 4.93. The van der Waals surface area contributed by atoms with E-state index in [-0.39, 0.29) is 5.34 Å². The maximum Gasteiger partial charge on any atom is 0.151 e. The van der Waals surface area contributed by atoms with Gasteiger partial charge in [-0.15, -0.1) is 23.2 Å². The molecule has 0 radical (unpaired) electrons. The Balaban J connectivity index is 0.000000424. The van der Waals surface area contributed by atoms with Gasteiger partial charge in [0.2, 0.25) is 0 Å². The summed E-state index contributed by atoms with van der Waals surface area (Å²) in [6.07, 6.45) is 0.675. The van der Waals surface area contributed by atoms with E-state index < -0.39 is 0 Å². The van der Waals surface area contributed by atoms with Gasteiger partial charge in [-0.25, -0.2) is 0 Å². The predicted molar refractivity (Wildman–Crippen MR) is 58.4 cm³/mol. The van der Waals surface area contributed by atoms with Gasteiger partial charge in [-0.1, -0.05) is 35.3 Å². The average Bonchev–Trinajstić information content (AvgIpc) is 2.11. The van der Waals surface area contributed by atoms with Crippen LogP contribution in [0.5, 0.6) is 0 Å². The number of aldehydes is 1. The largest absolute Gasteiger partial charge is 0.298 e. The van der Waals surface area contributed by atoms with Gasteiger partial charge in [0.05, 0.1) is 15.4 Å². The molecule has 72 valence electrons. The Kier molecular flexibility index (Phi) is 7.48. The zero-order valence-corrected chi connectivity index (χ0v) is 9.46. The Morgan fingerprint density at radius 3 is 2.15 bits per heavy atom. The lowest BCUT2D eigenvalue weighted by Gasteiger charge is -1.95. The first-order chi connectivity index (χ1) is 6.17. The number of carbonyl (C=O) groups excluding carboxylic acids is 1. The molecule has 5 heteroatoms. The number of alkyl halides is 2. The van der Waals surface area contributed by atoms with E-state index in [1.807, 2.05) is 0 Å². The summed E-state index contributed by atoms with van der Waals surface area (Å²) in [5.74, 6) is 0. The minimum absolute atomic E-state index is 0.194. The Hall–Kier alpha value is 0.0500. The fourth-order valence-corrected chi connectivity index (χ4v) is 0.964. The lowest BCUT2D eigenvalue weighted by atomic mass is 10.2. The molecule has 0 bridgehead atoms. The number of benzene rings is 1. The van der Waals surface area contributed by atoms with Crippen LogP contribution in [0.1, 0.15) is 10.4 Å². The van der Waals surface area contributed by atoms with Crippen molar-refractivity contribution in [1.29, 1.82) is 0 Å². The number of rotatable bonds is 1. The summed E-state index contributed by atoms with van der Waals surface area (Å²) < 4.78 is 0. The first-order valence-electron chi connectivity index (χ1n) is 3.18. The Labute approximate surface area is 96.5 Å². The first-order valence-corrected chi connectivity index (χ1v) is 5.01. The van der Waals surface area contributed by atoms with E-state index in [4.69, 9.17) is 46.4 Å². The van der Waals surface area contributed by atoms with Gasteiger partial charge in [0.25, 0.3) is 0 Å². The average molecular weight is 260 g/mol. The van der Waals surface area contributed by atoms with Crippen LogP contribution in [0.4, 0.5) is 0 Å². The molecule has 0 amide bonds. The van der Waals surface area contributed by atoms with Crippen LogP contribution in [-0.4, -0.2) is 11.6 Å². The highest BCUT2D eigenvalue weighted by Gasteiger charge is 2.00. The number of hydrogen-bond donors (Lipinski definition) is 0. The van der Waals surface area contributed by atoms with E-state index in [1.54, 1.807) is 18.2 Å². The second-order valence-corrected chi connectivity index (χ2v) is 3.46. The van der Waals surface area contributed by atoms with E-state index in [0.717, 1.165) is 0 Å². The summed E-state index contributed by atoms with van der Waals surface area (Å²) in [5.41, 5.74) is 0.425. The maximum absolute atomic E-state index is 10.2. The number of carbonyl (C=O) groups is 1. The normalized spacial score (nSPS) is 8.62. The highest BCUT2D eigenvalue weighted by Crippen LogP contribution is 2.23. The van der Waals surface area contributed by atoms with Gasteiger partial charge in [-0.05, 0) is 6.07 Å². The third kappa shape index (κ3) is 4.72. The van der Waals surface area contributed by atoms with E-state index in [0.29, 0.717) is 21.9 Å². The second kappa shape index (κ2) is 7.45. The predicted octanol–water partition coefficient (Wildman–Crippen LogP) is 4.23. The summed E-state index contributed by atoms with van der Waals surface area (Å²) in [5, 5.41) is 0.922. The van der Waals surface area contributed by atoms with Gasteiger partial charge in [-0.2, -0.15) is 0 Å². The lowest BCUT2D eigenvalue weighted by molar-refractivity contribution is 0.112. The minimum atomic E-state index is 0.194. The van der Waals surface area contributed by atoms with E-state index in [1.165, 1.54) is 0 Å². The van der Waals surface area contributed by atoms with Crippen molar-refractivity contribution in [3.05, 3.63) is 33.8 Å².